The third-order valence-electron chi connectivity index (χ3n) is 1.59. The molecule has 1 nitrogen and oxygen atoms in total. The minimum atomic E-state index is -1.08. The lowest BCUT2D eigenvalue weighted by molar-refractivity contribution is 1.15. The van der Waals surface area contributed by atoms with Gasteiger partial charge in [-0.3, -0.25) is 4.99 Å². The molecular formula is C8H17NSi. The molecule has 0 saturated heterocycles. The molecule has 0 N–H and O–H groups in total. The first-order chi connectivity index (χ1) is 4.52. The van der Waals surface area contributed by atoms with Crippen molar-refractivity contribution in [1.82, 2.24) is 0 Å². The monoisotopic (exact) mass is 155 g/mol. The topological polar surface area (TPSA) is 12.4 Å². The van der Waals surface area contributed by atoms with Crippen molar-refractivity contribution in [1.29, 1.82) is 0 Å². The second-order valence-electron chi connectivity index (χ2n) is 3.44. The van der Waals surface area contributed by atoms with Crippen LogP contribution in [0.3, 0.4) is 0 Å². The second kappa shape index (κ2) is 3.71. The Labute approximate surface area is 64.9 Å². The van der Waals surface area contributed by atoms with E-state index < -0.39 is 8.07 Å². The first-order valence-electron chi connectivity index (χ1n) is 3.67. The summed E-state index contributed by atoms with van der Waals surface area (Å²) in [5, 5.41) is 1.49. The van der Waals surface area contributed by atoms with Crippen LogP contribution in [0.1, 0.15) is 13.3 Å². The Morgan fingerprint density at radius 2 is 2.00 bits per heavy atom. The Balaban J connectivity index is 4.35. The van der Waals surface area contributed by atoms with E-state index in [0.717, 1.165) is 6.42 Å². The minimum absolute atomic E-state index is 1.08. The molecule has 0 fully saturated rings. The van der Waals surface area contributed by atoms with Gasteiger partial charge >= 0.3 is 0 Å². The quantitative estimate of drug-likeness (QED) is 0.439. The minimum Gasteiger partial charge on any atom is -0.273 e. The van der Waals surface area contributed by atoms with E-state index in [4.69, 9.17) is 0 Å². The van der Waals surface area contributed by atoms with Crippen molar-refractivity contribution < 1.29 is 0 Å². The van der Waals surface area contributed by atoms with Gasteiger partial charge in [-0.2, -0.15) is 0 Å². The van der Waals surface area contributed by atoms with E-state index in [0.29, 0.717) is 0 Å². The maximum atomic E-state index is 3.80. The molecule has 0 saturated carbocycles. The van der Waals surface area contributed by atoms with Gasteiger partial charge in [0.05, 0.1) is 8.07 Å². The molecule has 0 bridgehead atoms. The van der Waals surface area contributed by atoms with Crippen molar-refractivity contribution in [2.75, 3.05) is 0 Å². The van der Waals surface area contributed by atoms with Gasteiger partial charge in [0, 0.05) is 6.20 Å². The van der Waals surface area contributed by atoms with E-state index in [9.17, 15) is 0 Å². The van der Waals surface area contributed by atoms with Crippen LogP contribution in [0, 0.1) is 0 Å². The summed E-state index contributed by atoms with van der Waals surface area (Å²) < 4.78 is 0. The van der Waals surface area contributed by atoms with Crippen molar-refractivity contribution in [2.24, 2.45) is 4.99 Å². The summed E-state index contributed by atoms with van der Waals surface area (Å²) >= 11 is 0. The molecule has 0 rings (SSSR count). The second-order valence-corrected chi connectivity index (χ2v) is 8.58. The third kappa shape index (κ3) is 2.97. The molecule has 2 heteroatoms. The molecule has 0 amide bonds. The SMILES string of the molecule is C=N/C=C(\CC)[Si](C)(C)C. The van der Waals surface area contributed by atoms with Gasteiger partial charge in [-0.1, -0.05) is 31.8 Å². The van der Waals surface area contributed by atoms with E-state index in [1.54, 1.807) is 0 Å². The van der Waals surface area contributed by atoms with Crippen molar-refractivity contribution in [2.45, 2.75) is 33.0 Å². The highest BCUT2D eigenvalue weighted by molar-refractivity contribution is 6.83. The van der Waals surface area contributed by atoms with E-state index in [1.807, 2.05) is 6.20 Å². The fourth-order valence-electron chi connectivity index (χ4n) is 0.925. The molecule has 58 valence electrons. The predicted octanol–water partition coefficient (Wildman–Crippen LogP) is 2.86. The zero-order valence-electron chi connectivity index (χ0n) is 7.44. The van der Waals surface area contributed by atoms with Crippen LogP contribution in [0.4, 0.5) is 0 Å². The van der Waals surface area contributed by atoms with Crippen LogP contribution in [0.25, 0.3) is 0 Å². The van der Waals surface area contributed by atoms with Crippen LogP contribution in [0.5, 0.6) is 0 Å². The van der Waals surface area contributed by atoms with Crippen LogP contribution in [-0.4, -0.2) is 14.8 Å². The van der Waals surface area contributed by atoms with Gasteiger partial charge < -0.3 is 0 Å². The van der Waals surface area contributed by atoms with Gasteiger partial charge in [0.1, 0.15) is 0 Å². The largest absolute Gasteiger partial charge is 0.273 e. The molecule has 0 aromatic heterocycles. The lowest BCUT2D eigenvalue weighted by atomic mass is 10.5. The van der Waals surface area contributed by atoms with Gasteiger partial charge in [-0.05, 0) is 13.1 Å². The smallest absolute Gasteiger partial charge is 0.0744 e. The van der Waals surface area contributed by atoms with Gasteiger partial charge in [-0.15, -0.1) is 0 Å². The molecule has 0 radical (unpaired) electrons. The number of aliphatic imine (C=N–C) groups is 1. The van der Waals surface area contributed by atoms with Gasteiger partial charge in [0.2, 0.25) is 0 Å². The Morgan fingerprint density at radius 1 is 1.50 bits per heavy atom. The van der Waals surface area contributed by atoms with E-state index in [1.165, 1.54) is 5.20 Å². The predicted molar refractivity (Wildman–Crippen MR) is 51.3 cm³/mol. The van der Waals surface area contributed by atoms with Crippen LogP contribution >= 0.6 is 0 Å². The lowest BCUT2D eigenvalue weighted by Gasteiger charge is -2.18. The zero-order chi connectivity index (χ0) is 8.20. The fraction of sp³-hybridized carbons (Fsp3) is 0.625. The molecule has 0 aliphatic rings. The molecule has 0 aliphatic heterocycles. The molecule has 10 heavy (non-hydrogen) atoms. The molecule has 0 aromatic carbocycles. The maximum Gasteiger partial charge on any atom is 0.0744 e. The third-order valence-corrected chi connectivity index (χ3v) is 4.00. The Morgan fingerprint density at radius 3 is 2.10 bits per heavy atom. The number of nitrogens with zero attached hydrogens (tertiary/aromatic N) is 1. The molecule has 0 heterocycles. The van der Waals surface area contributed by atoms with Crippen molar-refractivity contribution in [3.05, 3.63) is 11.4 Å². The van der Waals surface area contributed by atoms with Crippen molar-refractivity contribution in [3.63, 3.8) is 0 Å². The summed E-state index contributed by atoms with van der Waals surface area (Å²) in [6.45, 7) is 12.6. The standard InChI is InChI=1S/C8H17NSi/c1-6-8(7-9-2)10(3,4)5/h7H,2,6H2,1,3-5H3/b8-7+. The van der Waals surface area contributed by atoms with Crippen LogP contribution in [-0.2, 0) is 0 Å². The van der Waals surface area contributed by atoms with Crippen LogP contribution < -0.4 is 0 Å². The molecule has 0 aliphatic carbocycles. The normalized spacial score (nSPS) is 13.4. The van der Waals surface area contributed by atoms with Crippen LogP contribution in [0.15, 0.2) is 16.4 Å². The summed E-state index contributed by atoms with van der Waals surface area (Å²) in [4.78, 5) is 3.80. The van der Waals surface area contributed by atoms with Gasteiger partial charge in [-0.25, -0.2) is 0 Å². The summed E-state index contributed by atoms with van der Waals surface area (Å²) in [5.41, 5.74) is 0. The average molecular weight is 155 g/mol. The van der Waals surface area contributed by atoms with Crippen molar-refractivity contribution >= 4 is 14.8 Å². The number of hydrogen-bond donors (Lipinski definition) is 0. The highest BCUT2D eigenvalue weighted by Gasteiger charge is 2.16. The number of rotatable bonds is 3. The zero-order valence-corrected chi connectivity index (χ0v) is 8.44. The van der Waals surface area contributed by atoms with Crippen molar-refractivity contribution in [3.8, 4) is 0 Å². The van der Waals surface area contributed by atoms with E-state index >= 15 is 0 Å². The fourth-order valence-corrected chi connectivity index (χ4v) is 2.46. The van der Waals surface area contributed by atoms with E-state index in [-0.39, 0.29) is 0 Å². The van der Waals surface area contributed by atoms with E-state index in [2.05, 4.69) is 38.3 Å². The summed E-state index contributed by atoms with van der Waals surface area (Å²) in [5.74, 6) is 0. The van der Waals surface area contributed by atoms with Gasteiger partial charge in [0.15, 0.2) is 0 Å². The Kier molecular flexibility index (Phi) is 3.57. The molecule has 0 spiro atoms. The molecular weight excluding hydrogens is 138 g/mol. The molecule has 0 unspecified atom stereocenters. The summed E-state index contributed by atoms with van der Waals surface area (Å²) in [6.07, 6.45) is 3.04. The maximum absolute atomic E-state index is 3.80. The average Bonchev–Trinajstić information content (AvgIpc) is 1.80. The highest BCUT2D eigenvalue weighted by Crippen LogP contribution is 2.17. The Bertz CT molecular complexity index is 142. The van der Waals surface area contributed by atoms with Crippen LogP contribution in [0.2, 0.25) is 19.6 Å². The Hall–Kier alpha value is -0.373. The number of allylic oxidation sites excluding steroid dienone is 1. The van der Waals surface area contributed by atoms with Gasteiger partial charge in [0.25, 0.3) is 0 Å². The number of hydrogen-bond acceptors (Lipinski definition) is 1. The summed E-state index contributed by atoms with van der Waals surface area (Å²) in [6, 6.07) is 0. The first kappa shape index (κ1) is 9.63. The summed E-state index contributed by atoms with van der Waals surface area (Å²) in [7, 11) is -1.08. The highest BCUT2D eigenvalue weighted by atomic mass is 28.3. The molecule has 0 atom stereocenters. The first-order valence-corrected chi connectivity index (χ1v) is 7.17. The lowest BCUT2D eigenvalue weighted by Crippen LogP contribution is -2.23. The molecule has 0 aromatic rings.